The summed E-state index contributed by atoms with van der Waals surface area (Å²) >= 11 is 0. The quantitative estimate of drug-likeness (QED) is 0.597. The maximum atomic E-state index is 12.3. The van der Waals surface area contributed by atoms with E-state index >= 15 is 0 Å². The summed E-state index contributed by atoms with van der Waals surface area (Å²) in [4.78, 5) is 12.3. The lowest BCUT2D eigenvalue weighted by Gasteiger charge is -2.09. The van der Waals surface area contributed by atoms with Crippen LogP contribution in [0.15, 0.2) is 78.9 Å². The van der Waals surface area contributed by atoms with E-state index < -0.39 is 7.12 Å². The van der Waals surface area contributed by atoms with Gasteiger partial charge in [0.2, 0.25) is 0 Å². The Labute approximate surface area is 153 Å². The number of carbonyl (C=O) groups excluding carboxylic acids is 1. The SMILES string of the molecule is O=C(NCc1ccccc1)c1cccc(Oc2ccc(B(O)O)cc2)c1.[HH]. The first-order chi connectivity index (χ1) is 12.6. The molecule has 132 valence electrons. The van der Waals surface area contributed by atoms with E-state index in [1.54, 1.807) is 48.5 Å². The van der Waals surface area contributed by atoms with Gasteiger partial charge >= 0.3 is 7.12 Å². The predicted octanol–water partition coefficient (Wildman–Crippen LogP) is 2.33. The van der Waals surface area contributed by atoms with Crippen molar-refractivity contribution >= 4 is 18.5 Å². The summed E-state index contributed by atoms with van der Waals surface area (Å²) in [6.45, 7) is 0.454. The number of hydrogen-bond acceptors (Lipinski definition) is 4. The molecule has 0 fully saturated rings. The third-order valence-corrected chi connectivity index (χ3v) is 3.81. The summed E-state index contributed by atoms with van der Waals surface area (Å²) in [6.07, 6.45) is 0. The monoisotopic (exact) mass is 349 g/mol. The highest BCUT2D eigenvalue weighted by Crippen LogP contribution is 2.21. The van der Waals surface area contributed by atoms with E-state index in [1.807, 2.05) is 30.3 Å². The van der Waals surface area contributed by atoms with Gasteiger partial charge in [-0.05, 0) is 41.4 Å². The van der Waals surface area contributed by atoms with Crippen LogP contribution < -0.4 is 15.5 Å². The van der Waals surface area contributed by atoms with Gasteiger partial charge in [-0.25, -0.2) is 0 Å². The number of amides is 1. The summed E-state index contributed by atoms with van der Waals surface area (Å²) in [6, 6.07) is 23.0. The van der Waals surface area contributed by atoms with E-state index in [-0.39, 0.29) is 7.33 Å². The fourth-order valence-electron chi connectivity index (χ4n) is 2.43. The second-order valence-corrected chi connectivity index (χ2v) is 5.74. The van der Waals surface area contributed by atoms with Crippen molar-refractivity contribution in [2.24, 2.45) is 0 Å². The molecule has 0 saturated carbocycles. The molecule has 0 unspecified atom stereocenters. The van der Waals surface area contributed by atoms with Crippen LogP contribution in [0.1, 0.15) is 17.3 Å². The number of carbonyl (C=O) groups is 1. The van der Waals surface area contributed by atoms with Gasteiger partial charge in [0.05, 0.1) is 0 Å². The highest BCUT2D eigenvalue weighted by molar-refractivity contribution is 6.58. The highest BCUT2D eigenvalue weighted by atomic mass is 16.5. The molecule has 0 radical (unpaired) electrons. The van der Waals surface area contributed by atoms with Gasteiger partial charge in [0.25, 0.3) is 5.91 Å². The molecule has 0 aliphatic carbocycles. The molecule has 0 heterocycles. The van der Waals surface area contributed by atoms with Crippen molar-refractivity contribution < 1.29 is 21.0 Å². The van der Waals surface area contributed by atoms with Crippen molar-refractivity contribution in [2.45, 2.75) is 6.54 Å². The Bertz CT molecular complexity index is 873. The first-order valence-electron chi connectivity index (χ1n) is 8.18. The second-order valence-electron chi connectivity index (χ2n) is 5.74. The molecular formula is C20H20BNO4. The van der Waals surface area contributed by atoms with E-state index in [0.29, 0.717) is 29.1 Å². The van der Waals surface area contributed by atoms with E-state index in [0.717, 1.165) is 5.56 Å². The molecule has 0 aromatic heterocycles. The summed E-state index contributed by atoms with van der Waals surface area (Å²) < 4.78 is 5.72. The third kappa shape index (κ3) is 4.72. The molecule has 0 spiro atoms. The average Bonchev–Trinajstić information content (AvgIpc) is 2.67. The molecule has 0 aliphatic rings. The Kier molecular flexibility index (Phi) is 5.68. The second kappa shape index (κ2) is 8.33. The van der Waals surface area contributed by atoms with Crippen LogP contribution in [0.2, 0.25) is 0 Å². The van der Waals surface area contributed by atoms with Crippen LogP contribution in [0.3, 0.4) is 0 Å². The molecule has 6 heteroatoms. The first-order valence-corrected chi connectivity index (χ1v) is 8.18. The van der Waals surface area contributed by atoms with Gasteiger partial charge in [0.1, 0.15) is 11.5 Å². The van der Waals surface area contributed by atoms with E-state index in [4.69, 9.17) is 14.8 Å². The average molecular weight is 349 g/mol. The van der Waals surface area contributed by atoms with Crippen LogP contribution in [0.4, 0.5) is 0 Å². The molecule has 0 atom stereocenters. The van der Waals surface area contributed by atoms with Gasteiger partial charge < -0.3 is 20.1 Å². The van der Waals surface area contributed by atoms with Crippen LogP contribution in [0.25, 0.3) is 0 Å². The molecule has 3 aromatic carbocycles. The molecule has 3 rings (SSSR count). The minimum Gasteiger partial charge on any atom is -0.457 e. The maximum absolute atomic E-state index is 12.3. The molecule has 1 amide bonds. The van der Waals surface area contributed by atoms with Crippen molar-refractivity contribution in [3.63, 3.8) is 0 Å². The predicted molar refractivity (Wildman–Crippen MR) is 103 cm³/mol. The van der Waals surface area contributed by atoms with Crippen molar-refractivity contribution in [1.29, 1.82) is 0 Å². The lowest BCUT2D eigenvalue weighted by molar-refractivity contribution is 0.0950. The Balaban J connectivity index is 0.00000261. The highest BCUT2D eigenvalue weighted by Gasteiger charge is 2.11. The summed E-state index contributed by atoms with van der Waals surface area (Å²) in [7, 11) is -1.51. The summed E-state index contributed by atoms with van der Waals surface area (Å²) in [5.41, 5.74) is 1.91. The molecule has 3 N–H and O–H groups in total. The number of rotatable bonds is 6. The molecule has 5 nitrogen and oxygen atoms in total. The van der Waals surface area contributed by atoms with Gasteiger partial charge in [-0.3, -0.25) is 4.79 Å². The largest absolute Gasteiger partial charge is 0.488 e. The van der Waals surface area contributed by atoms with Crippen molar-refractivity contribution in [1.82, 2.24) is 5.32 Å². The van der Waals surface area contributed by atoms with Gasteiger partial charge in [0, 0.05) is 13.5 Å². The Morgan fingerprint density at radius 3 is 2.35 bits per heavy atom. The Hall–Kier alpha value is -3.09. The normalized spacial score (nSPS) is 10.2. The summed E-state index contributed by atoms with van der Waals surface area (Å²) in [5.74, 6) is 0.879. The molecular weight excluding hydrogens is 329 g/mol. The minimum absolute atomic E-state index is 0. The smallest absolute Gasteiger partial charge is 0.457 e. The standard InChI is InChI=1S/C20H18BNO4.H2/c23-20(22-14-15-5-2-1-3-6-15)16-7-4-8-19(13-16)26-18-11-9-17(10-12-18)21(24)25;/h1-13,24-25H,14H2,(H,22,23);1H. The van der Waals surface area contributed by atoms with Gasteiger partial charge in [-0.1, -0.05) is 48.5 Å². The van der Waals surface area contributed by atoms with Gasteiger partial charge in [-0.15, -0.1) is 0 Å². The van der Waals surface area contributed by atoms with Crippen LogP contribution >= 0.6 is 0 Å². The number of benzene rings is 3. The zero-order valence-electron chi connectivity index (χ0n) is 14.0. The van der Waals surface area contributed by atoms with Crippen LogP contribution in [0, 0.1) is 0 Å². The summed E-state index contributed by atoms with van der Waals surface area (Å²) in [5, 5.41) is 21.1. The van der Waals surface area contributed by atoms with E-state index in [1.165, 1.54) is 0 Å². The van der Waals surface area contributed by atoms with Crippen molar-refractivity contribution in [3.8, 4) is 11.5 Å². The minimum atomic E-state index is -1.51. The van der Waals surface area contributed by atoms with Gasteiger partial charge in [-0.2, -0.15) is 0 Å². The van der Waals surface area contributed by atoms with Crippen molar-refractivity contribution in [2.75, 3.05) is 0 Å². The topological polar surface area (TPSA) is 78.8 Å². The first kappa shape index (κ1) is 17.7. The maximum Gasteiger partial charge on any atom is 0.488 e. The third-order valence-electron chi connectivity index (χ3n) is 3.81. The fourth-order valence-corrected chi connectivity index (χ4v) is 2.43. The van der Waals surface area contributed by atoms with Crippen LogP contribution in [0.5, 0.6) is 11.5 Å². The Morgan fingerprint density at radius 2 is 1.65 bits per heavy atom. The molecule has 26 heavy (non-hydrogen) atoms. The number of ether oxygens (including phenoxy) is 1. The van der Waals surface area contributed by atoms with Crippen LogP contribution in [-0.4, -0.2) is 23.1 Å². The van der Waals surface area contributed by atoms with Crippen molar-refractivity contribution in [3.05, 3.63) is 90.0 Å². The zero-order valence-corrected chi connectivity index (χ0v) is 14.0. The zero-order chi connectivity index (χ0) is 18.4. The fraction of sp³-hybridized carbons (Fsp3) is 0.0500. The molecule has 0 saturated heterocycles. The molecule has 0 aliphatic heterocycles. The lowest BCUT2D eigenvalue weighted by atomic mass is 9.80. The van der Waals surface area contributed by atoms with E-state index in [2.05, 4.69) is 5.32 Å². The Morgan fingerprint density at radius 1 is 0.923 bits per heavy atom. The van der Waals surface area contributed by atoms with Gasteiger partial charge in [0.15, 0.2) is 0 Å². The number of nitrogens with one attached hydrogen (secondary N) is 1. The molecule has 3 aromatic rings. The number of hydrogen-bond donors (Lipinski definition) is 3. The van der Waals surface area contributed by atoms with E-state index in [9.17, 15) is 4.79 Å². The van der Waals surface area contributed by atoms with Crippen LogP contribution in [-0.2, 0) is 6.54 Å². The lowest BCUT2D eigenvalue weighted by Crippen LogP contribution is -2.29. The molecule has 0 bridgehead atoms.